The third kappa shape index (κ3) is 3.12. The molecule has 2 aliphatic heterocycles. The number of fused-ring (bicyclic) bond motifs is 1. The Balaban J connectivity index is 1.34. The van der Waals surface area contributed by atoms with Gasteiger partial charge in [0.2, 0.25) is 17.7 Å². The third-order valence-electron chi connectivity index (χ3n) is 7.34. The summed E-state index contributed by atoms with van der Waals surface area (Å²) in [6.45, 7) is 4.41. The van der Waals surface area contributed by atoms with E-state index in [0.29, 0.717) is 50.2 Å². The standard InChI is InChI=1S/C21H30N4O3/c1-14-22-20(28-23-14)21-12-24(18(26)9-15-5-3-2-4-6-15)10-17(21)11-25(13-21)19(27)16-7-8-16/h15-17H,2-13H2,1H3/t17-,21-/m0/s1. The fraction of sp³-hybridized carbons (Fsp3) is 0.810. The van der Waals surface area contributed by atoms with Crippen molar-refractivity contribution in [2.75, 3.05) is 26.2 Å². The molecule has 4 fully saturated rings. The molecule has 7 nitrogen and oxygen atoms in total. The molecule has 28 heavy (non-hydrogen) atoms. The summed E-state index contributed by atoms with van der Waals surface area (Å²) in [6.07, 6.45) is 8.87. The zero-order chi connectivity index (χ0) is 19.3. The Bertz CT molecular complexity index is 767. The van der Waals surface area contributed by atoms with Crippen LogP contribution in [0.1, 0.15) is 63.1 Å². The molecule has 2 atom stereocenters. The molecule has 0 radical (unpaired) electrons. The molecule has 2 saturated heterocycles. The van der Waals surface area contributed by atoms with Gasteiger partial charge in [0.25, 0.3) is 0 Å². The number of likely N-dealkylation sites (tertiary alicyclic amines) is 2. The van der Waals surface area contributed by atoms with Gasteiger partial charge in [-0.2, -0.15) is 4.98 Å². The molecule has 1 aromatic rings. The first-order valence-corrected chi connectivity index (χ1v) is 10.9. The van der Waals surface area contributed by atoms with Crippen LogP contribution in [0.4, 0.5) is 0 Å². The van der Waals surface area contributed by atoms with Crippen molar-refractivity contribution < 1.29 is 14.1 Å². The van der Waals surface area contributed by atoms with Crippen LogP contribution >= 0.6 is 0 Å². The molecular weight excluding hydrogens is 356 g/mol. The van der Waals surface area contributed by atoms with Crippen LogP contribution in [-0.4, -0.2) is 57.9 Å². The molecule has 0 unspecified atom stereocenters. The lowest BCUT2D eigenvalue weighted by molar-refractivity contribution is -0.133. The predicted octanol–water partition coefficient (Wildman–Crippen LogP) is 2.30. The van der Waals surface area contributed by atoms with Gasteiger partial charge in [0.15, 0.2) is 5.82 Å². The second-order valence-corrected chi connectivity index (χ2v) is 9.48. The highest BCUT2D eigenvalue weighted by Gasteiger charge is 2.59. The Morgan fingerprint density at radius 2 is 1.79 bits per heavy atom. The second-order valence-electron chi connectivity index (χ2n) is 9.48. The molecule has 3 heterocycles. The molecule has 7 heteroatoms. The molecule has 2 saturated carbocycles. The maximum absolute atomic E-state index is 13.0. The average Bonchev–Trinajstić information content (AvgIpc) is 3.18. The first-order chi connectivity index (χ1) is 13.5. The number of carbonyl (C=O) groups is 2. The van der Waals surface area contributed by atoms with Gasteiger partial charge in [0.1, 0.15) is 0 Å². The van der Waals surface area contributed by atoms with Crippen molar-refractivity contribution in [2.24, 2.45) is 17.8 Å². The van der Waals surface area contributed by atoms with Gasteiger partial charge in [-0.05, 0) is 38.5 Å². The Morgan fingerprint density at radius 1 is 1.07 bits per heavy atom. The monoisotopic (exact) mass is 386 g/mol. The van der Waals surface area contributed by atoms with E-state index in [-0.39, 0.29) is 23.7 Å². The lowest BCUT2D eigenvalue weighted by Crippen LogP contribution is -2.42. The second kappa shape index (κ2) is 6.85. The zero-order valence-electron chi connectivity index (χ0n) is 16.7. The highest BCUT2D eigenvalue weighted by Crippen LogP contribution is 2.46. The molecule has 0 spiro atoms. The van der Waals surface area contributed by atoms with Crippen LogP contribution in [0, 0.1) is 24.7 Å². The third-order valence-corrected chi connectivity index (χ3v) is 7.34. The van der Waals surface area contributed by atoms with Crippen LogP contribution in [0.3, 0.4) is 0 Å². The van der Waals surface area contributed by atoms with Crippen LogP contribution in [0.15, 0.2) is 4.52 Å². The molecular formula is C21H30N4O3. The predicted molar refractivity (Wildman–Crippen MR) is 101 cm³/mol. The molecule has 0 aromatic carbocycles. The SMILES string of the molecule is Cc1noc([C@]23CN(C(=O)CC4CCCCC4)C[C@H]2CN(C(=O)C2CC2)C3)n1. The fourth-order valence-electron chi connectivity index (χ4n) is 5.58. The van der Waals surface area contributed by atoms with Gasteiger partial charge in [0, 0.05) is 44.4 Å². The minimum absolute atomic E-state index is 0.186. The smallest absolute Gasteiger partial charge is 0.236 e. The lowest BCUT2D eigenvalue weighted by Gasteiger charge is -2.28. The van der Waals surface area contributed by atoms with Gasteiger partial charge in [-0.25, -0.2) is 0 Å². The van der Waals surface area contributed by atoms with Crippen LogP contribution in [-0.2, 0) is 15.0 Å². The number of aromatic nitrogens is 2. The first-order valence-electron chi connectivity index (χ1n) is 10.9. The zero-order valence-corrected chi connectivity index (χ0v) is 16.7. The van der Waals surface area contributed by atoms with Gasteiger partial charge in [-0.3, -0.25) is 9.59 Å². The Kier molecular flexibility index (Phi) is 4.43. The van der Waals surface area contributed by atoms with Crippen molar-refractivity contribution in [1.29, 1.82) is 0 Å². The molecule has 0 bridgehead atoms. The molecule has 2 amide bonds. The van der Waals surface area contributed by atoms with Crippen molar-refractivity contribution >= 4 is 11.8 Å². The van der Waals surface area contributed by atoms with Gasteiger partial charge in [-0.1, -0.05) is 24.4 Å². The molecule has 0 N–H and O–H groups in total. The van der Waals surface area contributed by atoms with E-state index in [0.717, 1.165) is 12.8 Å². The summed E-state index contributed by atoms with van der Waals surface area (Å²) in [7, 11) is 0. The fourth-order valence-corrected chi connectivity index (χ4v) is 5.58. The average molecular weight is 386 g/mol. The summed E-state index contributed by atoms with van der Waals surface area (Å²) in [5.74, 6) is 2.68. The van der Waals surface area contributed by atoms with Gasteiger partial charge in [-0.15, -0.1) is 0 Å². The number of hydrogen-bond donors (Lipinski definition) is 0. The van der Waals surface area contributed by atoms with E-state index in [1.807, 2.05) is 16.7 Å². The van der Waals surface area contributed by atoms with E-state index in [2.05, 4.69) is 10.1 Å². The topological polar surface area (TPSA) is 79.5 Å². The highest BCUT2D eigenvalue weighted by atomic mass is 16.5. The van der Waals surface area contributed by atoms with E-state index in [9.17, 15) is 9.59 Å². The Morgan fingerprint density at radius 3 is 2.46 bits per heavy atom. The highest BCUT2D eigenvalue weighted by molar-refractivity contribution is 5.82. The van der Waals surface area contributed by atoms with Crippen molar-refractivity contribution in [1.82, 2.24) is 19.9 Å². The largest absolute Gasteiger partial charge is 0.341 e. The number of aryl methyl sites for hydroxylation is 1. The van der Waals surface area contributed by atoms with Gasteiger partial charge < -0.3 is 14.3 Å². The van der Waals surface area contributed by atoms with E-state index in [4.69, 9.17) is 4.52 Å². The maximum atomic E-state index is 13.0. The lowest BCUT2D eigenvalue weighted by atomic mass is 9.81. The van der Waals surface area contributed by atoms with E-state index >= 15 is 0 Å². The summed E-state index contributed by atoms with van der Waals surface area (Å²) in [5.41, 5.74) is -0.395. The normalized spacial score (nSPS) is 30.7. The number of hydrogen-bond acceptors (Lipinski definition) is 5. The van der Waals surface area contributed by atoms with Crippen LogP contribution < -0.4 is 0 Å². The van der Waals surface area contributed by atoms with Crippen molar-refractivity contribution in [3.05, 3.63) is 11.7 Å². The summed E-state index contributed by atoms with van der Waals surface area (Å²) < 4.78 is 5.60. The molecule has 2 aliphatic carbocycles. The summed E-state index contributed by atoms with van der Waals surface area (Å²) in [6, 6.07) is 0. The van der Waals surface area contributed by atoms with Crippen molar-refractivity contribution in [3.8, 4) is 0 Å². The Labute approximate surface area is 165 Å². The van der Waals surface area contributed by atoms with Crippen molar-refractivity contribution in [3.63, 3.8) is 0 Å². The summed E-state index contributed by atoms with van der Waals surface area (Å²) in [4.78, 5) is 34.2. The minimum Gasteiger partial charge on any atom is -0.341 e. The Hall–Kier alpha value is -1.92. The summed E-state index contributed by atoms with van der Waals surface area (Å²) >= 11 is 0. The first kappa shape index (κ1) is 18.1. The molecule has 4 aliphatic rings. The minimum atomic E-state index is -0.395. The number of rotatable bonds is 4. The quantitative estimate of drug-likeness (QED) is 0.793. The van der Waals surface area contributed by atoms with E-state index in [1.165, 1.54) is 32.1 Å². The van der Waals surface area contributed by atoms with E-state index < -0.39 is 5.41 Å². The molecule has 1 aromatic heterocycles. The van der Waals surface area contributed by atoms with Gasteiger partial charge in [0.05, 0.1) is 5.41 Å². The molecule has 152 valence electrons. The number of amides is 2. The van der Waals surface area contributed by atoms with Crippen LogP contribution in [0.25, 0.3) is 0 Å². The van der Waals surface area contributed by atoms with E-state index in [1.54, 1.807) is 0 Å². The maximum Gasteiger partial charge on any atom is 0.236 e. The molecule has 5 rings (SSSR count). The van der Waals surface area contributed by atoms with Crippen molar-refractivity contribution in [2.45, 2.75) is 63.7 Å². The number of carbonyl (C=O) groups excluding carboxylic acids is 2. The number of nitrogens with zero attached hydrogens (tertiary/aromatic N) is 4. The van der Waals surface area contributed by atoms with Crippen LogP contribution in [0.5, 0.6) is 0 Å². The van der Waals surface area contributed by atoms with Crippen LogP contribution in [0.2, 0.25) is 0 Å². The summed E-state index contributed by atoms with van der Waals surface area (Å²) in [5, 5.41) is 4.00. The van der Waals surface area contributed by atoms with Gasteiger partial charge >= 0.3 is 0 Å².